The lowest BCUT2D eigenvalue weighted by Gasteiger charge is -2.26. The summed E-state index contributed by atoms with van der Waals surface area (Å²) in [4.78, 5) is 23.4. The van der Waals surface area contributed by atoms with Gasteiger partial charge in [-0.2, -0.15) is 0 Å². The smallest absolute Gasteiger partial charge is 0.391 e. The third kappa shape index (κ3) is 61.1. The molecule has 3 N–H and O–H groups in total. The molecule has 0 aliphatic rings. The Labute approximate surface area is 476 Å². The van der Waals surface area contributed by atoms with E-state index >= 15 is 0 Å². The minimum Gasteiger partial charge on any atom is -0.391 e. The van der Waals surface area contributed by atoms with Crippen molar-refractivity contribution in [2.45, 2.75) is 386 Å². The average molecular weight is 1100 g/mol. The van der Waals surface area contributed by atoms with E-state index in [2.05, 4.69) is 19.2 Å². The molecule has 0 aliphatic carbocycles. The molecule has 0 aromatic heterocycles. The Hall–Kier alpha value is -0.500. The Kier molecular flexibility index (Phi) is 58.7. The van der Waals surface area contributed by atoms with Crippen molar-refractivity contribution in [2.75, 3.05) is 40.9 Å². The van der Waals surface area contributed by atoms with E-state index in [4.69, 9.17) is 9.05 Å². The molecule has 0 rings (SSSR count). The molecule has 0 saturated carbocycles. The number of phosphoric acid groups is 1. The SMILES string of the molecule is CCCCCCCCCCCCCCCCCCCCCCCCCCCCCCCCCCCCCCCCCC(=O)NC(COP(=O)(O)OCC[N+](C)(C)C)C(O)CCCCCCCCCCCCCCCCC. The van der Waals surface area contributed by atoms with Gasteiger partial charge in [0.1, 0.15) is 13.2 Å². The third-order valence-electron chi connectivity index (χ3n) is 16.4. The van der Waals surface area contributed by atoms with Crippen LogP contribution in [0.1, 0.15) is 373 Å². The van der Waals surface area contributed by atoms with Crippen LogP contribution in [0.25, 0.3) is 0 Å². The molecule has 0 heterocycles. The van der Waals surface area contributed by atoms with E-state index in [0.29, 0.717) is 23.9 Å². The topological polar surface area (TPSA) is 105 Å². The lowest BCUT2D eigenvalue weighted by molar-refractivity contribution is -0.870. The van der Waals surface area contributed by atoms with Gasteiger partial charge in [0.25, 0.3) is 0 Å². The predicted molar refractivity (Wildman–Crippen MR) is 332 cm³/mol. The monoisotopic (exact) mass is 1100 g/mol. The van der Waals surface area contributed by atoms with Crippen molar-refractivity contribution >= 4 is 13.7 Å². The summed E-state index contributed by atoms with van der Waals surface area (Å²) in [5.74, 6) is -0.135. The average Bonchev–Trinajstić information content (AvgIpc) is 3.38. The van der Waals surface area contributed by atoms with Gasteiger partial charge in [0.05, 0.1) is 39.9 Å². The van der Waals surface area contributed by atoms with Crippen LogP contribution < -0.4 is 5.32 Å². The Morgan fingerprint density at radius 1 is 0.395 bits per heavy atom. The minimum atomic E-state index is -4.32. The number of quaternary nitrogens is 1. The fraction of sp³-hybridized carbons (Fsp3) is 0.985. The third-order valence-corrected chi connectivity index (χ3v) is 17.3. The number of rotatable bonds is 65. The summed E-state index contributed by atoms with van der Waals surface area (Å²) in [6.45, 7) is 4.95. The Morgan fingerprint density at radius 3 is 0.882 bits per heavy atom. The second kappa shape index (κ2) is 59.1. The van der Waals surface area contributed by atoms with Crippen molar-refractivity contribution in [1.82, 2.24) is 5.32 Å². The number of aliphatic hydroxyl groups is 1. The molecular weight excluding hydrogens is 960 g/mol. The molecule has 456 valence electrons. The summed E-state index contributed by atoms with van der Waals surface area (Å²) in [5.41, 5.74) is 0. The highest BCUT2D eigenvalue weighted by molar-refractivity contribution is 7.47. The largest absolute Gasteiger partial charge is 0.472 e. The maximum atomic E-state index is 13.0. The van der Waals surface area contributed by atoms with E-state index in [1.54, 1.807) is 0 Å². The fourth-order valence-corrected chi connectivity index (χ4v) is 11.7. The quantitative estimate of drug-likeness (QED) is 0.0318. The molecule has 0 aromatic carbocycles. The lowest BCUT2D eigenvalue weighted by Crippen LogP contribution is -2.46. The van der Waals surface area contributed by atoms with Gasteiger partial charge in [-0.05, 0) is 12.8 Å². The first-order chi connectivity index (χ1) is 37.0. The number of carbonyl (C=O) groups excluding carboxylic acids is 1. The van der Waals surface area contributed by atoms with E-state index < -0.39 is 20.0 Å². The summed E-state index contributed by atoms with van der Waals surface area (Å²) in [6.07, 6.45) is 73.7. The van der Waals surface area contributed by atoms with E-state index in [1.807, 2.05) is 21.1 Å². The zero-order valence-electron chi connectivity index (χ0n) is 52.3. The number of nitrogens with one attached hydrogen (secondary N) is 1. The Morgan fingerprint density at radius 2 is 0.632 bits per heavy atom. The summed E-state index contributed by atoms with van der Waals surface area (Å²) in [5, 5.41) is 14.1. The zero-order chi connectivity index (χ0) is 55.6. The van der Waals surface area contributed by atoms with Gasteiger partial charge in [-0.1, -0.05) is 354 Å². The van der Waals surface area contributed by atoms with Crippen LogP contribution in [-0.2, 0) is 18.4 Å². The van der Waals surface area contributed by atoms with Crippen LogP contribution >= 0.6 is 7.82 Å². The van der Waals surface area contributed by atoms with Crippen LogP contribution in [0, 0.1) is 0 Å². The molecule has 0 saturated heterocycles. The molecule has 0 fully saturated rings. The number of aliphatic hydroxyl groups excluding tert-OH is 1. The Bertz CT molecular complexity index is 1200. The molecular formula is C67H138N2O6P+. The van der Waals surface area contributed by atoms with Crippen LogP contribution in [-0.4, -0.2) is 73.4 Å². The van der Waals surface area contributed by atoms with Gasteiger partial charge in [0.15, 0.2) is 0 Å². The van der Waals surface area contributed by atoms with E-state index in [1.165, 1.54) is 308 Å². The van der Waals surface area contributed by atoms with Crippen molar-refractivity contribution in [2.24, 2.45) is 0 Å². The Balaban J connectivity index is 3.81. The van der Waals surface area contributed by atoms with E-state index in [9.17, 15) is 19.4 Å². The maximum Gasteiger partial charge on any atom is 0.472 e. The number of amides is 1. The molecule has 0 spiro atoms. The number of likely N-dealkylation sites (N-methyl/N-ethyl adjacent to an activating group) is 1. The second-order valence-corrected chi connectivity index (χ2v) is 26.7. The summed E-state index contributed by atoms with van der Waals surface area (Å²) in [6, 6.07) is -0.755. The summed E-state index contributed by atoms with van der Waals surface area (Å²) >= 11 is 0. The van der Waals surface area contributed by atoms with E-state index in [-0.39, 0.29) is 19.1 Å². The molecule has 0 bridgehead atoms. The summed E-state index contributed by atoms with van der Waals surface area (Å²) in [7, 11) is 1.64. The molecule has 0 radical (unpaired) electrons. The van der Waals surface area contributed by atoms with E-state index in [0.717, 1.165) is 38.5 Å². The predicted octanol–water partition coefficient (Wildman–Crippen LogP) is 21.6. The highest BCUT2D eigenvalue weighted by Gasteiger charge is 2.28. The van der Waals surface area contributed by atoms with Crippen molar-refractivity contribution in [3.05, 3.63) is 0 Å². The van der Waals surface area contributed by atoms with Crippen LogP contribution in [0.15, 0.2) is 0 Å². The van der Waals surface area contributed by atoms with Gasteiger partial charge in [-0.15, -0.1) is 0 Å². The van der Waals surface area contributed by atoms with Crippen molar-refractivity contribution in [3.8, 4) is 0 Å². The van der Waals surface area contributed by atoms with Gasteiger partial charge in [0, 0.05) is 6.42 Å². The van der Waals surface area contributed by atoms with Crippen molar-refractivity contribution < 1.29 is 32.9 Å². The van der Waals surface area contributed by atoms with Crippen LogP contribution in [0.2, 0.25) is 0 Å². The molecule has 0 aromatic rings. The summed E-state index contributed by atoms with van der Waals surface area (Å²) < 4.78 is 23.8. The van der Waals surface area contributed by atoms with Gasteiger partial charge in [0.2, 0.25) is 5.91 Å². The zero-order valence-corrected chi connectivity index (χ0v) is 53.2. The molecule has 8 nitrogen and oxygen atoms in total. The molecule has 76 heavy (non-hydrogen) atoms. The standard InChI is InChI=1S/C67H137N2O6P/c1-6-8-10-12-14-16-18-20-22-23-24-25-26-27-28-29-30-31-32-33-34-35-36-37-38-39-40-41-42-43-44-45-47-49-51-53-55-57-59-61-67(71)68-65(64-75-76(72,73)74-63-62-69(3,4)5)66(70)60-58-56-54-52-50-48-46-21-19-17-15-13-11-9-7-2/h65-66,70H,6-64H2,1-5H3,(H-,68,71,72,73)/p+1. The van der Waals surface area contributed by atoms with Gasteiger partial charge >= 0.3 is 7.82 Å². The second-order valence-electron chi connectivity index (χ2n) is 25.3. The molecule has 1 amide bonds. The number of hydrogen-bond acceptors (Lipinski definition) is 5. The van der Waals surface area contributed by atoms with Gasteiger partial charge in [-0.3, -0.25) is 13.8 Å². The minimum absolute atomic E-state index is 0.0791. The van der Waals surface area contributed by atoms with Gasteiger partial charge < -0.3 is 19.8 Å². The first-order valence-corrected chi connectivity index (χ1v) is 35.9. The number of carbonyl (C=O) groups is 1. The van der Waals surface area contributed by atoms with Crippen LogP contribution in [0.5, 0.6) is 0 Å². The van der Waals surface area contributed by atoms with Gasteiger partial charge in [-0.25, -0.2) is 4.57 Å². The molecule has 0 aliphatic heterocycles. The van der Waals surface area contributed by atoms with Crippen molar-refractivity contribution in [3.63, 3.8) is 0 Å². The highest BCUT2D eigenvalue weighted by atomic mass is 31.2. The number of nitrogens with zero attached hydrogens (tertiary/aromatic N) is 1. The highest BCUT2D eigenvalue weighted by Crippen LogP contribution is 2.43. The molecule has 3 atom stereocenters. The van der Waals surface area contributed by atoms with Crippen molar-refractivity contribution in [1.29, 1.82) is 0 Å². The van der Waals surface area contributed by atoms with Crippen LogP contribution in [0.3, 0.4) is 0 Å². The fourth-order valence-electron chi connectivity index (χ4n) is 11.0. The number of unbranched alkanes of at least 4 members (excludes halogenated alkanes) is 52. The first kappa shape index (κ1) is 75.5. The number of hydrogen-bond donors (Lipinski definition) is 3. The maximum absolute atomic E-state index is 13.0. The first-order valence-electron chi connectivity index (χ1n) is 34.4. The molecule has 9 heteroatoms. The lowest BCUT2D eigenvalue weighted by atomic mass is 10.0. The number of phosphoric ester groups is 1. The van der Waals surface area contributed by atoms with Crippen LogP contribution in [0.4, 0.5) is 0 Å². The molecule has 3 unspecified atom stereocenters. The normalized spacial score (nSPS) is 13.6.